The molecular weight excluding hydrogens is 449 g/mol. The van der Waals surface area contributed by atoms with E-state index in [4.69, 9.17) is 4.74 Å². The van der Waals surface area contributed by atoms with Crippen molar-refractivity contribution in [3.05, 3.63) is 52.7 Å². The smallest absolute Gasteiger partial charge is 0.334 e. The number of pyridine rings is 1. The van der Waals surface area contributed by atoms with Gasteiger partial charge in [-0.2, -0.15) is 0 Å². The summed E-state index contributed by atoms with van der Waals surface area (Å²) >= 11 is 0. The number of carbonyl (C=O) groups excluding carboxylic acids is 1. The molecule has 1 atom stereocenters. The molecule has 8 nitrogen and oxygen atoms in total. The van der Waals surface area contributed by atoms with Gasteiger partial charge in [-0.1, -0.05) is 13.0 Å². The summed E-state index contributed by atoms with van der Waals surface area (Å²) in [5.41, 5.74) is 0.773. The summed E-state index contributed by atoms with van der Waals surface area (Å²) in [6.45, 7) is 6.76. The van der Waals surface area contributed by atoms with E-state index in [1.165, 1.54) is 17.7 Å². The molecule has 1 fully saturated rings. The quantitative estimate of drug-likeness (QED) is 0.485. The highest BCUT2D eigenvalue weighted by Crippen LogP contribution is 2.36. The van der Waals surface area contributed by atoms with Crippen molar-refractivity contribution < 1.29 is 22.3 Å². The Balaban J connectivity index is 1.78. The largest absolute Gasteiger partial charge is 0.461 e. The van der Waals surface area contributed by atoms with Crippen LogP contribution >= 0.6 is 0 Å². The lowest BCUT2D eigenvalue weighted by Gasteiger charge is -2.36. The molecule has 3 aromatic rings. The first kappa shape index (κ1) is 23.2. The second-order valence-corrected chi connectivity index (χ2v) is 11.3. The van der Waals surface area contributed by atoms with E-state index >= 15 is 0 Å². The molecule has 4 rings (SSSR count). The predicted octanol–water partition coefficient (Wildman–Crippen LogP) is 3.47. The standard InChI is InChI=1S/C23H26FN3O5S/c1-14(2)26-19-9-18(21(28)10-23(4)12-33(30,31)13-23)25-11-20(19)27(22(26)29)16-6-5-7-17(8-16)32-15(3)24/h5-9,11,14-15H,10,12-13H2,1-4H3. The van der Waals surface area contributed by atoms with E-state index in [-0.39, 0.29) is 46.9 Å². The predicted molar refractivity (Wildman–Crippen MR) is 123 cm³/mol. The van der Waals surface area contributed by atoms with Crippen molar-refractivity contribution in [2.45, 2.75) is 46.5 Å². The summed E-state index contributed by atoms with van der Waals surface area (Å²) in [5.74, 6) is -0.0195. The topological polar surface area (TPSA) is 100 Å². The zero-order chi connectivity index (χ0) is 24.1. The van der Waals surface area contributed by atoms with Crippen molar-refractivity contribution in [1.29, 1.82) is 0 Å². The van der Waals surface area contributed by atoms with Crippen LogP contribution in [0.2, 0.25) is 0 Å². The number of nitrogens with zero attached hydrogens (tertiary/aromatic N) is 3. The lowest BCUT2D eigenvalue weighted by Crippen LogP contribution is -2.47. The van der Waals surface area contributed by atoms with E-state index in [0.717, 1.165) is 0 Å². The minimum atomic E-state index is -3.07. The number of ketones is 1. The monoisotopic (exact) mass is 475 g/mol. The first-order valence-electron chi connectivity index (χ1n) is 10.7. The Kier molecular flexibility index (Phi) is 5.68. The Bertz CT molecular complexity index is 1390. The molecule has 33 heavy (non-hydrogen) atoms. The SMILES string of the molecule is CC(F)Oc1cccc(-n2c(=O)n(C(C)C)c3cc(C(=O)CC4(C)CS(=O)(=O)C4)ncc32)c1. The molecule has 2 aromatic heterocycles. The molecule has 176 valence electrons. The van der Waals surface area contributed by atoms with Gasteiger partial charge in [-0.05, 0) is 32.0 Å². The number of hydrogen-bond acceptors (Lipinski definition) is 6. The second-order valence-electron chi connectivity index (χ2n) is 9.24. The highest BCUT2D eigenvalue weighted by molar-refractivity contribution is 7.92. The molecule has 0 spiro atoms. The van der Waals surface area contributed by atoms with E-state index in [1.807, 2.05) is 13.8 Å². The zero-order valence-corrected chi connectivity index (χ0v) is 19.7. The van der Waals surface area contributed by atoms with E-state index in [9.17, 15) is 22.4 Å². The van der Waals surface area contributed by atoms with E-state index < -0.39 is 21.6 Å². The van der Waals surface area contributed by atoms with Crippen LogP contribution in [0.1, 0.15) is 50.6 Å². The maximum atomic E-state index is 13.3. The number of fused-ring (bicyclic) bond motifs is 1. The van der Waals surface area contributed by atoms with Crippen LogP contribution in [0.25, 0.3) is 16.7 Å². The van der Waals surface area contributed by atoms with Gasteiger partial charge in [0.15, 0.2) is 15.6 Å². The molecule has 0 amide bonds. The van der Waals surface area contributed by atoms with Gasteiger partial charge in [0.25, 0.3) is 0 Å². The van der Waals surface area contributed by atoms with Crippen molar-refractivity contribution in [3.8, 4) is 11.4 Å². The normalized spacial score (nSPS) is 17.6. The fourth-order valence-corrected chi connectivity index (χ4v) is 6.74. The van der Waals surface area contributed by atoms with Gasteiger partial charge < -0.3 is 4.74 Å². The van der Waals surface area contributed by atoms with E-state index in [0.29, 0.717) is 16.7 Å². The van der Waals surface area contributed by atoms with Gasteiger partial charge in [-0.25, -0.2) is 17.6 Å². The second kappa shape index (κ2) is 8.09. The fraction of sp³-hybridized carbons (Fsp3) is 0.435. The minimum absolute atomic E-state index is 0.0169. The average Bonchev–Trinajstić information content (AvgIpc) is 2.96. The van der Waals surface area contributed by atoms with Crippen molar-refractivity contribution in [3.63, 3.8) is 0 Å². The van der Waals surface area contributed by atoms with Gasteiger partial charge in [0.1, 0.15) is 11.4 Å². The molecule has 1 aromatic carbocycles. The summed E-state index contributed by atoms with van der Waals surface area (Å²) in [4.78, 5) is 30.5. The molecule has 0 radical (unpaired) electrons. The molecule has 1 aliphatic rings. The number of alkyl halides is 1. The number of carbonyl (C=O) groups is 1. The maximum absolute atomic E-state index is 13.3. The molecule has 0 saturated carbocycles. The van der Waals surface area contributed by atoms with Crippen LogP contribution in [-0.2, 0) is 9.84 Å². The Hall–Kier alpha value is -3.01. The van der Waals surface area contributed by atoms with Crippen molar-refractivity contribution in [2.75, 3.05) is 11.5 Å². The third-order valence-corrected chi connectivity index (χ3v) is 7.93. The molecule has 3 heterocycles. The number of hydrogen-bond donors (Lipinski definition) is 0. The first-order chi connectivity index (χ1) is 15.4. The Labute approximate surface area is 190 Å². The van der Waals surface area contributed by atoms with Crippen molar-refractivity contribution in [2.24, 2.45) is 5.41 Å². The van der Waals surface area contributed by atoms with Crippen LogP contribution in [-0.4, -0.2) is 46.2 Å². The van der Waals surface area contributed by atoms with Crippen molar-refractivity contribution in [1.82, 2.24) is 14.1 Å². The molecule has 0 N–H and O–H groups in total. The Morgan fingerprint density at radius 1 is 1.21 bits per heavy atom. The number of ether oxygens (including phenoxy) is 1. The number of benzene rings is 1. The van der Waals surface area contributed by atoms with Gasteiger partial charge in [0.2, 0.25) is 6.36 Å². The third kappa shape index (κ3) is 4.44. The number of Topliss-reactive ketones (excluding diaryl/α,β-unsaturated/α-hetero) is 1. The van der Waals surface area contributed by atoms with E-state index in [2.05, 4.69) is 4.98 Å². The number of sulfone groups is 1. The summed E-state index contributed by atoms with van der Waals surface area (Å²) in [5, 5.41) is 0. The lowest BCUT2D eigenvalue weighted by molar-refractivity contribution is 0.0860. The van der Waals surface area contributed by atoms with E-state index in [1.54, 1.807) is 41.8 Å². The number of aromatic nitrogens is 3. The average molecular weight is 476 g/mol. The summed E-state index contributed by atoms with van der Waals surface area (Å²) in [6, 6.07) is 7.91. The van der Waals surface area contributed by atoms with Crippen LogP contribution in [0.3, 0.4) is 0 Å². The molecule has 0 bridgehead atoms. The van der Waals surface area contributed by atoms with Gasteiger partial charge >= 0.3 is 5.69 Å². The van der Waals surface area contributed by atoms with Crippen LogP contribution in [0.5, 0.6) is 5.75 Å². The first-order valence-corrected chi connectivity index (χ1v) is 12.5. The number of rotatable bonds is 7. The molecule has 1 unspecified atom stereocenters. The molecule has 1 saturated heterocycles. The molecule has 1 aliphatic heterocycles. The molecular formula is C23H26FN3O5S. The van der Waals surface area contributed by atoms with Gasteiger partial charge in [0, 0.05) is 30.9 Å². The molecule has 10 heteroatoms. The lowest BCUT2D eigenvalue weighted by atomic mass is 9.87. The summed E-state index contributed by atoms with van der Waals surface area (Å²) < 4.78 is 44.6. The third-order valence-electron chi connectivity index (χ3n) is 5.66. The minimum Gasteiger partial charge on any atom is -0.461 e. The Morgan fingerprint density at radius 3 is 2.52 bits per heavy atom. The van der Waals surface area contributed by atoms with Crippen LogP contribution in [0, 0.1) is 5.41 Å². The summed E-state index contributed by atoms with van der Waals surface area (Å²) in [6.07, 6.45) is 0.0309. The van der Waals surface area contributed by atoms with Gasteiger partial charge in [0.05, 0.1) is 34.4 Å². The summed E-state index contributed by atoms with van der Waals surface area (Å²) in [7, 11) is -3.07. The van der Waals surface area contributed by atoms with Gasteiger partial charge in [-0.3, -0.25) is 18.9 Å². The van der Waals surface area contributed by atoms with Gasteiger partial charge in [-0.15, -0.1) is 0 Å². The van der Waals surface area contributed by atoms with Crippen molar-refractivity contribution >= 4 is 26.7 Å². The maximum Gasteiger partial charge on any atom is 0.334 e. The van der Waals surface area contributed by atoms with Crippen LogP contribution in [0.15, 0.2) is 41.3 Å². The fourth-order valence-electron chi connectivity index (χ4n) is 4.50. The van der Waals surface area contributed by atoms with Crippen LogP contribution < -0.4 is 10.4 Å². The highest BCUT2D eigenvalue weighted by atomic mass is 32.2. The highest BCUT2D eigenvalue weighted by Gasteiger charge is 2.46. The van der Waals surface area contributed by atoms with Crippen LogP contribution in [0.4, 0.5) is 4.39 Å². The number of halogens is 1. The Morgan fingerprint density at radius 2 is 1.91 bits per heavy atom. The number of imidazole rings is 1. The molecule has 0 aliphatic carbocycles. The zero-order valence-electron chi connectivity index (χ0n) is 18.9.